The molecule has 7 heteroatoms. The van der Waals surface area contributed by atoms with Gasteiger partial charge in [0.1, 0.15) is 6.10 Å². The third-order valence-electron chi connectivity index (χ3n) is 5.16. The molecular formula is C21H24N2O4S. The highest BCUT2D eigenvalue weighted by Crippen LogP contribution is 2.34. The maximum absolute atomic E-state index is 13.2. The third-order valence-corrected chi connectivity index (χ3v) is 7.11. The Kier molecular flexibility index (Phi) is 5.56. The van der Waals surface area contributed by atoms with E-state index in [-0.39, 0.29) is 16.7 Å². The van der Waals surface area contributed by atoms with Gasteiger partial charge in [0.25, 0.3) is 0 Å². The lowest BCUT2D eigenvalue weighted by atomic mass is 9.89. The molecule has 1 amide bonds. The van der Waals surface area contributed by atoms with Gasteiger partial charge in [0.15, 0.2) is 11.8 Å². The Hall–Kier alpha value is -2.67. The van der Waals surface area contributed by atoms with Crippen LogP contribution in [0.4, 0.5) is 5.69 Å². The van der Waals surface area contributed by atoms with E-state index in [0.717, 1.165) is 16.7 Å². The zero-order valence-electron chi connectivity index (χ0n) is 16.3. The van der Waals surface area contributed by atoms with Gasteiger partial charge in [0, 0.05) is 18.5 Å². The number of ether oxygens (including phenoxy) is 1. The number of hydrogen-bond acceptors (Lipinski definition) is 5. The van der Waals surface area contributed by atoms with Crippen molar-refractivity contribution in [3.05, 3.63) is 59.2 Å². The van der Waals surface area contributed by atoms with E-state index in [1.54, 1.807) is 12.1 Å². The lowest BCUT2D eigenvalue weighted by Crippen LogP contribution is -2.34. The normalized spacial score (nSPS) is 19.9. The SMILES string of the molecule is CC(=O)Nc1ccc(S(=O)(=O)C2N=COC2C(C)c2cccc(C)c2C)cc1. The van der Waals surface area contributed by atoms with Crippen LogP contribution in [0.15, 0.2) is 52.4 Å². The van der Waals surface area contributed by atoms with Gasteiger partial charge in [-0.2, -0.15) is 0 Å². The van der Waals surface area contributed by atoms with Crippen LogP contribution in [-0.4, -0.2) is 32.2 Å². The molecule has 28 heavy (non-hydrogen) atoms. The maximum atomic E-state index is 13.2. The van der Waals surface area contributed by atoms with Gasteiger partial charge < -0.3 is 10.1 Å². The molecule has 0 aliphatic carbocycles. The zero-order chi connectivity index (χ0) is 20.5. The Balaban J connectivity index is 1.89. The largest absolute Gasteiger partial charge is 0.476 e. The molecule has 6 nitrogen and oxygen atoms in total. The van der Waals surface area contributed by atoms with Crippen LogP contribution < -0.4 is 5.32 Å². The summed E-state index contributed by atoms with van der Waals surface area (Å²) >= 11 is 0. The van der Waals surface area contributed by atoms with Crippen LogP contribution in [0.1, 0.15) is 36.5 Å². The molecule has 3 atom stereocenters. The van der Waals surface area contributed by atoms with E-state index in [4.69, 9.17) is 4.74 Å². The second kappa shape index (κ2) is 7.75. The molecule has 0 saturated carbocycles. The number of benzene rings is 2. The summed E-state index contributed by atoms with van der Waals surface area (Å²) < 4.78 is 32.0. The second-order valence-electron chi connectivity index (χ2n) is 7.07. The number of sulfone groups is 1. The van der Waals surface area contributed by atoms with Crippen molar-refractivity contribution < 1.29 is 17.9 Å². The van der Waals surface area contributed by atoms with Crippen LogP contribution in [-0.2, 0) is 19.4 Å². The van der Waals surface area contributed by atoms with Gasteiger partial charge in [0.2, 0.25) is 15.7 Å². The summed E-state index contributed by atoms with van der Waals surface area (Å²) in [5.74, 6) is -0.368. The van der Waals surface area contributed by atoms with Gasteiger partial charge in [-0.3, -0.25) is 4.79 Å². The average Bonchev–Trinajstić information content (AvgIpc) is 3.14. The molecule has 1 N–H and O–H groups in total. The summed E-state index contributed by atoms with van der Waals surface area (Å²) in [6, 6.07) is 12.1. The molecule has 3 unspecified atom stereocenters. The number of amides is 1. The van der Waals surface area contributed by atoms with Crippen LogP contribution in [0.5, 0.6) is 0 Å². The number of nitrogens with zero attached hydrogens (tertiary/aromatic N) is 1. The Bertz CT molecular complexity index is 1010. The van der Waals surface area contributed by atoms with Crippen molar-refractivity contribution in [3.8, 4) is 0 Å². The van der Waals surface area contributed by atoms with Gasteiger partial charge in [-0.25, -0.2) is 13.4 Å². The Morgan fingerprint density at radius 2 is 1.82 bits per heavy atom. The molecule has 0 spiro atoms. The van der Waals surface area contributed by atoms with Crippen LogP contribution in [0.3, 0.4) is 0 Å². The van der Waals surface area contributed by atoms with Crippen LogP contribution in [0, 0.1) is 13.8 Å². The number of anilines is 1. The Labute approximate surface area is 165 Å². The predicted octanol–water partition coefficient (Wildman–Crippen LogP) is 3.59. The molecule has 2 aromatic rings. The number of rotatable bonds is 5. The minimum Gasteiger partial charge on any atom is -0.476 e. The van der Waals surface area contributed by atoms with Gasteiger partial charge >= 0.3 is 0 Å². The molecule has 0 fully saturated rings. The van der Waals surface area contributed by atoms with Crippen molar-refractivity contribution in [1.82, 2.24) is 0 Å². The fourth-order valence-electron chi connectivity index (χ4n) is 3.45. The molecule has 1 heterocycles. The van der Waals surface area contributed by atoms with E-state index >= 15 is 0 Å². The number of hydrogen-bond donors (Lipinski definition) is 1. The van der Waals surface area contributed by atoms with Gasteiger partial charge in [0.05, 0.1) is 4.90 Å². The molecule has 148 valence electrons. The number of carbonyl (C=O) groups excluding carboxylic acids is 1. The average molecular weight is 401 g/mol. The molecule has 0 aromatic heterocycles. The monoisotopic (exact) mass is 400 g/mol. The number of aryl methyl sites for hydroxylation is 1. The molecule has 2 aromatic carbocycles. The first-order valence-electron chi connectivity index (χ1n) is 9.06. The summed E-state index contributed by atoms with van der Waals surface area (Å²) in [7, 11) is -3.74. The first-order valence-corrected chi connectivity index (χ1v) is 10.6. The summed E-state index contributed by atoms with van der Waals surface area (Å²) in [5, 5.41) is 1.61. The highest BCUT2D eigenvalue weighted by molar-refractivity contribution is 7.92. The molecule has 3 rings (SSSR count). The first-order chi connectivity index (χ1) is 13.2. The van der Waals surface area contributed by atoms with Gasteiger partial charge in [-0.05, 0) is 54.8 Å². The number of carbonyl (C=O) groups is 1. The van der Waals surface area contributed by atoms with Crippen molar-refractivity contribution in [2.45, 2.75) is 50.0 Å². The topological polar surface area (TPSA) is 84.8 Å². The molecule has 0 radical (unpaired) electrons. The van der Waals surface area contributed by atoms with E-state index in [1.807, 2.05) is 39.0 Å². The van der Waals surface area contributed by atoms with E-state index in [1.165, 1.54) is 25.5 Å². The van der Waals surface area contributed by atoms with E-state index in [2.05, 4.69) is 10.3 Å². The minimum absolute atomic E-state index is 0.146. The molecule has 1 aliphatic heterocycles. The fourth-order valence-corrected chi connectivity index (χ4v) is 5.11. The molecule has 1 aliphatic rings. The van der Waals surface area contributed by atoms with E-state index in [9.17, 15) is 13.2 Å². The van der Waals surface area contributed by atoms with Crippen LogP contribution in [0.25, 0.3) is 0 Å². The van der Waals surface area contributed by atoms with Crippen LogP contribution in [0.2, 0.25) is 0 Å². The summed E-state index contributed by atoms with van der Waals surface area (Å²) in [4.78, 5) is 15.4. The smallest absolute Gasteiger partial charge is 0.221 e. The van der Waals surface area contributed by atoms with Crippen molar-refractivity contribution >= 4 is 27.8 Å². The quantitative estimate of drug-likeness (QED) is 0.831. The first kappa shape index (κ1) is 20.1. The zero-order valence-corrected chi connectivity index (χ0v) is 17.2. The van der Waals surface area contributed by atoms with Crippen molar-refractivity contribution in [2.24, 2.45) is 4.99 Å². The van der Waals surface area contributed by atoms with E-state index < -0.39 is 21.3 Å². The Morgan fingerprint density at radius 3 is 2.46 bits per heavy atom. The van der Waals surface area contributed by atoms with E-state index in [0.29, 0.717) is 5.69 Å². The third kappa shape index (κ3) is 3.80. The summed E-state index contributed by atoms with van der Waals surface area (Å²) in [6.45, 7) is 7.42. The number of aliphatic imine (C=N–C) groups is 1. The van der Waals surface area contributed by atoms with Crippen molar-refractivity contribution in [1.29, 1.82) is 0 Å². The molecular weight excluding hydrogens is 376 g/mol. The van der Waals surface area contributed by atoms with Crippen LogP contribution >= 0.6 is 0 Å². The predicted molar refractivity (Wildman–Crippen MR) is 109 cm³/mol. The molecule has 0 bridgehead atoms. The standard InChI is InChI=1S/C21H24N2O4S/c1-13-6-5-7-19(14(13)2)15(3)20-21(22-12-27-20)28(25,26)18-10-8-17(9-11-18)23-16(4)24/h5-12,15,20-21H,1-4H3,(H,23,24). The highest BCUT2D eigenvalue weighted by atomic mass is 32.2. The summed E-state index contributed by atoms with van der Waals surface area (Å²) in [5.41, 5.74) is 3.87. The highest BCUT2D eigenvalue weighted by Gasteiger charge is 2.42. The minimum atomic E-state index is -3.74. The maximum Gasteiger partial charge on any atom is 0.221 e. The lowest BCUT2D eigenvalue weighted by Gasteiger charge is -2.25. The Morgan fingerprint density at radius 1 is 1.14 bits per heavy atom. The van der Waals surface area contributed by atoms with Crippen molar-refractivity contribution in [2.75, 3.05) is 5.32 Å². The van der Waals surface area contributed by atoms with Crippen molar-refractivity contribution in [3.63, 3.8) is 0 Å². The second-order valence-corrected chi connectivity index (χ2v) is 9.12. The van der Waals surface area contributed by atoms with Gasteiger partial charge in [-0.15, -0.1) is 0 Å². The fraction of sp³-hybridized carbons (Fsp3) is 0.333. The van der Waals surface area contributed by atoms with Gasteiger partial charge in [-0.1, -0.05) is 25.1 Å². The lowest BCUT2D eigenvalue weighted by molar-refractivity contribution is -0.114. The number of nitrogens with one attached hydrogen (secondary N) is 1. The molecule has 0 saturated heterocycles. The summed E-state index contributed by atoms with van der Waals surface area (Å²) in [6.07, 6.45) is 0.626.